The van der Waals surface area contributed by atoms with E-state index < -0.39 is 17.8 Å². The summed E-state index contributed by atoms with van der Waals surface area (Å²) in [6, 6.07) is 10.3. The van der Waals surface area contributed by atoms with Crippen LogP contribution in [0.25, 0.3) is 22.6 Å². The van der Waals surface area contributed by atoms with E-state index in [0.717, 1.165) is 17.7 Å². The standard InChI is InChI=1S/C24H25F3N2O3/c1-23(2,3)20-13-16(10-11-29(20)22(30)31)15-6-9-19-18(12-15)28-21(32-19)14-4-7-17(8-5-14)24(25,26)27/h4-9,12,16,20H,10-11,13H2,1-3H3,(H,30,31). The number of nitrogens with zero attached hydrogens (tertiary/aromatic N) is 2. The summed E-state index contributed by atoms with van der Waals surface area (Å²) in [5.41, 5.74) is 1.80. The third-order valence-corrected chi connectivity index (χ3v) is 6.19. The number of alkyl halides is 3. The molecule has 1 amide bonds. The van der Waals surface area contributed by atoms with Gasteiger partial charge in [0.15, 0.2) is 5.58 Å². The summed E-state index contributed by atoms with van der Waals surface area (Å²) in [6.45, 7) is 6.61. The van der Waals surface area contributed by atoms with Gasteiger partial charge in [0.25, 0.3) is 0 Å². The van der Waals surface area contributed by atoms with Gasteiger partial charge in [0, 0.05) is 18.2 Å². The molecule has 1 N–H and O–H groups in total. The van der Waals surface area contributed by atoms with Crippen molar-refractivity contribution in [3.8, 4) is 11.5 Å². The first-order chi connectivity index (χ1) is 14.9. The van der Waals surface area contributed by atoms with E-state index in [-0.39, 0.29) is 23.3 Å². The van der Waals surface area contributed by atoms with Crippen molar-refractivity contribution in [3.63, 3.8) is 0 Å². The molecular formula is C24H25F3N2O3. The highest BCUT2D eigenvalue weighted by Gasteiger charge is 2.39. The molecule has 2 heterocycles. The van der Waals surface area contributed by atoms with E-state index in [2.05, 4.69) is 4.98 Å². The van der Waals surface area contributed by atoms with E-state index in [1.165, 1.54) is 17.0 Å². The molecule has 0 saturated carbocycles. The Morgan fingerprint density at radius 3 is 2.41 bits per heavy atom. The van der Waals surface area contributed by atoms with Gasteiger partial charge in [-0.1, -0.05) is 26.8 Å². The molecule has 2 aromatic carbocycles. The van der Waals surface area contributed by atoms with Gasteiger partial charge in [-0.15, -0.1) is 0 Å². The molecule has 0 aliphatic carbocycles. The Morgan fingerprint density at radius 2 is 1.81 bits per heavy atom. The predicted molar refractivity (Wildman–Crippen MR) is 114 cm³/mol. The van der Waals surface area contributed by atoms with Gasteiger partial charge in [0.1, 0.15) is 5.52 Å². The quantitative estimate of drug-likeness (QED) is 0.471. The highest BCUT2D eigenvalue weighted by Crippen LogP contribution is 2.40. The van der Waals surface area contributed by atoms with E-state index in [9.17, 15) is 23.1 Å². The van der Waals surface area contributed by atoms with Crippen LogP contribution >= 0.6 is 0 Å². The lowest BCUT2D eigenvalue weighted by Crippen LogP contribution is -2.51. The lowest BCUT2D eigenvalue weighted by Gasteiger charge is -2.44. The van der Waals surface area contributed by atoms with Crippen molar-refractivity contribution in [2.24, 2.45) is 5.41 Å². The van der Waals surface area contributed by atoms with Crippen LogP contribution in [0.3, 0.4) is 0 Å². The van der Waals surface area contributed by atoms with Crippen LogP contribution in [0.15, 0.2) is 46.9 Å². The topological polar surface area (TPSA) is 66.6 Å². The van der Waals surface area contributed by atoms with Crippen LogP contribution in [-0.4, -0.2) is 33.7 Å². The largest absolute Gasteiger partial charge is 0.465 e. The number of hydrogen-bond donors (Lipinski definition) is 1. The van der Waals surface area contributed by atoms with Crippen molar-refractivity contribution in [1.29, 1.82) is 0 Å². The smallest absolute Gasteiger partial charge is 0.416 e. The second kappa shape index (κ2) is 7.83. The van der Waals surface area contributed by atoms with Gasteiger partial charge in [-0.25, -0.2) is 9.78 Å². The lowest BCUT2D eigenvalue weighted by atomic mass is 9.75. The normalized spacial score (nSPS) is 20.0. The summed E-state index contributed by atoms with van der Waals surface area (Å²) in [5, 5.41) is 9.58. The van der Waals surface area contributed by atoms with Crippen molar-refractivity contribution in [2.45, 2.75) is 51.7 Å². The molecule has 2 atom stereocenters. The number of halogens is 3. The summed E-state index contributed by atoms with van der Waals surface area (Å²) in [4.78, 5) is 17.7. The minimum absolute atomic E-state index is 0.102. The minimum atomic E-state index is -4.39. The third kappa shape index (κ3) is 4.31. The number of rotatable bonds is 2. The van der Waals surface area contributed by atoms with Gasteiger partial charge in [-0.2, -0.15) is 13.2 Å². The number of piperidine rings is 1. The second-order valence-corrected chi connectivity index (χ2v) is 9.40. The van der Waals surface area contributed by atoms with Gasteiger partial charge in [0.05, 0.1) is 5.56 Å². The fourth-order valence-corrected chi connectivity index (χ4v) is 4.44. The molecule has 0 spiro atoms. The zero-order chi connectivity index (χ0) is 23.3. The van der Waals surface area contributed by atoms with Gasteiger partial charge in [-0.3, -0.25) is 0 Å². The number of carboxylic acid groups (broad SMARTS) is 1. The van der Waals surface area contributed by atoms with Crippen LogP contribution in [0.2, 0.25) is 0 Å². The molecule has 1 aliphatic heterocycles. The highest BCUT2D eigenvalue weighted by atomic mass is 19.4. The number of hydrogen-bond acceptors (Lipinski definition) is 3. The Hall–Kier alpha value is -3.03. The molecule has 1 aliphatic rings. The first-order valence-corrected chi connectivity index (χ1v) is 10.5. The first-order valence-electron chi connectivity index (χ1n) is 10.5. The van der Waals surface area contributed by atoms with Gasteiger partial charge < -0.3 is 14.4 Å². The average Bonchev–Trinajstić information content (AvgIpc) is 3.15. The minimum Gasteiger partial charge on any atom is -0.465 e. The summed E-state index contributed by atoms with van der Waals surface area (Å²) in [5.74, 6) is 0.449. The van der Waals surface area contributed by atoms with Crippen LogP contribution in [0.4, 0.5) is 18.0 Å². The fraction of sp³-hybridized carbons (Fsp3) is 0.417. The van der Waals surface area contributed by atoms with Crippen LogP contribution < -0.4 is 0 Å². The molecule has 170 valence electrons. The molecule has 5 nitrogen and oxygen atoms in total. The first kappa shape index (κ1) is 22.2. The predicted octanol–water partition coefficient (Wildman–Crippen LogP) is 6.79. The van der Waals surface area contributed by atoms with Crippen LogP contribution in [0, 0.1) is 5.41 Å². The van der Waals surface area contributed by atoms with Crippen LogP contribution in [0.5, 0.6) is 0 Å². The molecule has 1 fully saturated rings. The number of aromatic nitrogens is 1. The number of amides is 1. The molecule has 1 saturated heterocycles. The van der Waals surface area contributed by atoms with Crippen molar-refractivity contribution in [2.75, 3.05) is 6.54 Å². The Bertz CT molecular complexity index is 1130. The molecule has 1 aromatic heterocycles. The van der Waals surface area contributed by atoms with Crippen molar-refractivity contribution < 1.29 is 27.5 Å². The Balaban J connectivity index is 1.60. The molecule has 0 bridgehead atoms. The van der Waals surface area contributed by atoms with Crippen molar-refractivity contribution >= 4 is 17.2 Å². The Labute approximate surface area is 183 Å². The zero-order valence-corrected chi connectivity index (χ0v) is 18.1. The molecule has 0 radical (unpaired) electrons. The summed E-state index contributed by atoms with van der Waals surface area (Å²) in [7, 11) is 0. The van der Waals surface area contributed by atoms with E-state index in [1.54, 1.807) is 0 Å². The van der Waals surface area contributed by atoms with Crippen molar-refractivity contribution in [1.82, 2.24) is 9.88 Å². The number of benzene rings is 2. The van der Waals surface area contributed by atoms with Crippen molar-refractivity contribution in [3.05, 3.63) is 53.6 Å². The maximum atomic E-state index is 12.8. The summed E-state index contributed by atoms with van der Waals surface area (Å²) >= 11 is 0. The van der Waals surface area contributed by atoms with Gasteiger partial charge >= 0.3 is 12.3 Å². The zero-order valence-electron chi connectivity index (χ0n) is 18.1. The monoisotopic (exact) mass is 446 g/mol. The van der Waals surface area contributed by atoms with Crippen LogP contribution in [-0.2, 0) is 6.18 Å². The average molecular weight is 446 g/mol. The molecule has 4 rings (SSSR count). The van der Waals surface area contributed by atoms with E-state index in [0.29, 0.717) is 36.0 Å². The maximum absolute atomic E-state index is 12.8. The Kier molecular flexibility index (Phi) is 5.43. The number of oxazole rings is 1. The lowest BCUT2D eigenvalue weighted by molar-refractivity contribution is -0.137. The second-order valence-electron chi connectivity index (χ2n) is 9.40. The van der Waals surface area contributed by atoms with E-state index in [4.69, 9.17) is 4.42 Å². The highest BCUT2D eigenvalue weighted by molar-refractivity contribution is 5.77. The fourth-order valence-electron chi connectivity index (χ4n) is 4.44. The molecule has 3 aromatic rings. The van der Waals surface area contributed by atoms with Gasteiger partial charge in [-0.05, 0) is 66.1 Å². The summed E-state index contributed by atoms with van der Waals surface area (Å²) < 4.78 is 44.2. The SMILES string of the molecule is CC(C)(C)C1CC(c2ccc3oc(-c4ccc(C(F)(F)F)cc4)nc3c2)CCN1C(=O)O. The Morgan fingerprint density at radius 1 is 1.12 bits per heavy atom. The van der Waals surface area contributed by atoms with E-state index >= 15 is 0 Å². The third-order valence-electron chi connectivity index (χ3n) is 6.19. The van der Waals surface area contributed by atoms with Crippen LogP contribution in [0.1, 0.15) is 50.7 Å². The number of carbonyl (C=O) groups is 1. The number of likely N-dealkylation sites (tertiary alicyclic amines) is 1. The maximum Gasteiger partial charge on any atom is 0.416 e. The summed E-state index contributed by atoms with van der Waals surface area (Å²) in [6.07, 6.45) is -3.86. The number of fused-ring (bicyclic) bond motifs is 1. The molecule has 32 heavy (non-hydrogen) atoms. The van der Waals surface area contributed by atoms with Gasteiger partial charge in [0.2, 0.25) is 5.89 Å². The molecule has 2 unspecified atom stereocenters. The molecule has 8 heteroatoms. The van der Waals surface area contributed by atoms with E-state index in [1.807, 2.05) is 39.0 Å². The molecular weight excluding hydrogens is 421 g/mol.